The summed E-state index contributed by atoms with van der Waals surface area (Å²) in [4.78, 5) is 0. The van der Waals surface area contributed by atoms with E-state index in [-0.39, 0.29) is 22.3 Å². The summed E-state index contributed by atoms with van der Waals surface area (Å²) < 4.78 is 43.1. The van der Waals surface area contributed by atoms with Crippen LogP contribution in [0.3, 0.4) is 0 Å². The van der Waals surface area contributed by atoms with Crippen LogP contribution in [-0.4, -0.2) is 0 Å². The largest absolute Gasteiger partial charge is 0.207 e. The lowest BCUT2D eigenvalue weighted by Crippen LogP contribution is -2.30. The molecular formula is C28H34F3N. The zero-order valence-electron chi connectivity index (χ0n) is 19.1. The van der Waals surface area contributed by atoms with E-state index in [1.54, 1.807) is 6.07 Å². The first-order valence-electron chi connectivity index (χ1n) is 12.5. The van der Waals surface area contributed by atoms with Crippen LogP contribution in [0.4, 0.5) is 13.2 Å². The highest BCUT2D eigenvalue weighted by Gasteiger charge is 2.37. The molecule has 2 unspecified atom stereocenters. The number of nitriles is 1. The Morgan fingerprint density at radius 2 is 1.66 bits per heavy atom. The minimum atomic E-state index is -0.947. The number of unbranched alkanes of at least 4 members (excludes halogenated alkanes) is 4. The molecule has 0 aromatic heterocycles. The maximum atomic E-state index is 15.1. The number of benzene rings is 2. The van der Waals surface area contributed by atoms with E-state index in [4.69, 9.17) is 0 Å². The molecule has 32 heavy (non-hydrogen) atoms. The zero-order chi connectivity index (χ0) is 22.7. The Morgan fingerprint density at radius 3 is 2.44 bits per heavy atom. The van der Waals surface area contributed by atoms with Crippen LogP contribution in [0.15, 0.2) is 18.2 Å². The second-order valence-electron chi connectivity index (χ2n) is 10.2. The van der Waals surface area contributed by atoms with Gasteiger partial charge in [-0.1, -0.05) is 51.9 Å². The van der Waals surface area contributed by atoms with E-state index in [0.29, 0.717) is 17.5 Å². The minimum Gasteiger partial charge on any atom is -0.207 e. The first-order chi connectivity index (χ1) is 15.5. The highest BCUT2D eigenvalue weighted by atomic mass is 19.1. The molecular weight excluding hydrogens is 407 g/mol. The molecule has 0 amide bonds. The van der Waals surface area contributed by atoms with Gasteiger partial charge in [-0.3, -0.25) is 0 Å². The minimum absolute atomic E-state index is 0.0628. The Bertz CT molecular complexity index is 993. The molecule has 2 aliphatic rings. The Balaban J connectivity index is 1.46. The lowest BCUT2D eigenvalue weighted by atomic mass is 9.63. The molecule has 0 bridgehead atoms. The molecule has 4 heteroatoms. The van der Waals surface area contributed by atoms with Crippen LogP contribution in [0.5, 0.6) is 0 Å². The Hall–Kier alpha value is -2.02. The maximum Gasteiger partial charge on any atom is 0.152 e. The van der Waals surface area contributed by atoms with Crippen molar-refractivity contribution in [1.82, 2.24) is 0 Å². The third-order valence-corrected chi connectivity index (χ3v) is 8.11. The average molecular weight is 442 g/mol. The van der Waals surface area contributed by atoms with Gasteiger partial charge in [0.2, 0.25) is 0 Å². The van der Waals surface area contributed by atoms with Gasteiger partial charge in [-0.15, -0.1) is 0 Å². The SMILES string of the molecule is CCCCCCC[C@@H]1CC[C@@H]2CC(c3cc4cc(F)cc(F)c4c(F)c3C#N)CCC2C1. The van der Waals surface area contributed by atoms with Gasteiger partial charge in [0, 0.05) is 6.07 Å². The number of fused-ring (bicyclic) bond motifs is 2. The van der Waals surface area contributed by atoms with E-state index in [1.165, 1.54) is 63.9 Å². The quantitative estimate of drug-likeness (QED) is 0.394. The summed E-state index contributed by atoms with van der Waals surface area (Å²) in [7, 11) is 0. The van der Waals surface area contributed by atoms with Crippen molar-refractivity contribution < 1.29 is 13.2 Å². The van der Waals surface area contributed by atoms with Crippen molar-refractivity contribution in [2.45, 2.75) is 89.9 Å². The second-order valence-corrected chi connectivity index (χ2v) is 10.2. The van der Waals surface area contributed by atoms with Crippen LogP contribution < -0.4 is 0 Å². The van der Waals surface area contributed by atoms with Gasteiger partial charge in [-0.05, 0) is 78.9 Å². The first-order valence-corrected chi connectivity index (χ1v) is 12.5. The van der Waals surface area contributed by atoms with Crippen molar-refractivity contribution >= 4 is 10.8 Å². The number of nitrogens with zero attached hydrogens (tertiary/aromatic N) is 1. The fraction of sp³-hybridized carbons (Fsp3) is 0.607. The van der Waals surface area contributed by atoms with Crippen molar-refractivity contribution in [2.24, 2.45) is 17.8 Å². The summed E-state index contributed by atoms with van der Waals surface area (Å²) in [5, 5.41) is 9.58. The molecule has 2 fully saturated rings. The molecule has 0 spiro atoms. The van der Waals surface area contributed by atoms with Gasteiger partial charge in [0.15, 0.2) is 5.82 Å². The molecule has 0 saturated heterocycles. The summed E-state index contributed by atoms with van der Waals surface area (Å²) in [6, 6.07) is 5.49. The molecule has 0 heterocycles. The van der Waals surface area contributed by atoms with Crippen LogP contribution in [0.1, 0.15) is 101 Å². The molecule has 2 aromatic carbocycles. The van der Waals surface area contributed by atoms with Crippen LogP contribution in [0.2, 0.25) is 0 Å². The van der Waals surface area contributed by atoms with E-state index in [9.17, 15) is 14.0 Å². The molecule has 0 radical (unpaired) electrons. The van der Waals surface area contributed by atoms with Gasteiger partial charge in [-0.25, -0.2) is 13.2 Å². The molecule has 172 valence electrons. The van der Waals surface area contributed by atoms with E-state index < -0.39 is 17.5 Å². The molecule has 0 N–H and O–H groups in total. The van der Waals surface area contributed by atoms with E-state index >= 15 is 4.39 Å². The fourth-order valence-electron chi connectivity index (χ4n) is 6.43. The van der Waals surface area contributed by atoms with Crippen molar-refractivity contribution in [1.29, 1.82) is 5.26 Å². The smallest absolute Gasteiger partial charge is 0.152 e. The van der Waals surface area contributed by atoms with Crippen LogP contribution in [0.25, 0.3) is 10.8 Å². The molecule has 0 aliphatic heterocycles. The van der Waals surface area contributed by atoms with Gasteiger partial charge < -0.3 is 0 Å². The molecule has 1 nitrogen and oxygen atoms in total. The zero-order valence-corrected chi connectivity index (χ0v) is 19.1. The maximum absolute atomic E-state index is 15.1. The molecule has 2 aromatic rings. The van der Waals surface area contributed by atoms with Gasteiger partial charge in [0.05, 0.1) is 10.9 Å². The monoisotopic (exact) mass is 441 g/mol. The number of hydrogen-bond acceptors (Lipinski definition) is 1. The third-order valence-electron chi connectivity index (χ3n) is 8.11. The van der Waals surface area contributed by atoms with Crippen LogP contribution in [-0.2, 0) is 0 Å². The van der Waals surface area contributed by atoms with Crippen molar-refractivity contribution in [3.63, 3.8) is 0 Å². The van der Waals surface area contributed by atoms with Crippen molar-refractivity contribution in [2.75, 3.05) is 0 Å². The predicted molar refractivity (Wildman–Crippen MR) is 123 cm³/mol. The predicted octanol–water partition coefficient (Wildman–Crippen LogP) is 8.79. The van der Waals surface area contributed by atoms with E-state index in [0.717, 1.165) is 31.1 Å². The third kappa shape index (κ3) is 4.82. The first kappa shape index (κ1) is 23.1. The normalized spacial score (nSPS) is 25.5. The standard InChI is InChI=1S/C28H34F3N/c1-2-3-4-5-6-7-18-8-9-20-13-21(11-10-19(20)12-18)24-15-22-14-23(29)16-26(30)27(22)28(31)25(24)17-32/h14-16,18-21H,2-13H2,1H3/t18-,19?,20-,21?/m1/s1. The van der Waals surface area contributed by atoms with E-state index in [2.05, 4.69) is 6.92 Å². The topological polar surface area (TPSA) is 23.8 Å². The van der Waals surface area contributed by atoms with Gasteiger partial charge in [0.25, 0.3) is 0 Å². The van der Waals surface area contributed by atoms with Crippen molar-refractivity contribution in [3.05, 3.63) is 46.8 Å². The number of rotatable bonds is 7. The van der Waals surface area contributed by atoms with Crippen LogP contribution in [0, 0.1) is 46.5 Å². The highest BCUT2D eigenvalue weighted by Crippen LogP contribution is 2.49. The Labute approximate surface area is 190 Å². The number of halogens is 3. The van der Waals surface area contributed by atoms with E-state index in [1.807, 2.05) is 6.07 Å². The highest BCUT2D eigenvalue weighted by molar-refractivity contribution is 5.86. The number of hydrogen-bond donors (Lipinski definition) is 0. The summed E-state index contributed by atoms with van der Waals surface area (Å²) in [5.74, 6) is -0.244. The fourth-order valence-corrected chi connectivity index (χ4v) is 6.43. The lowest BCUT2D eigenvalue weighted by Gasteiger charge is -2.42. The van der Waals surface area contributed by atoms with Gasteiger partial charge >= 0.3 is 0 Å². The molecule has 2 aliphatic carbocycles. The summed E-state index contributed by atoms with van der Waals surface area (Å²) in [5.41, 5.74) is 0.575. The molecule has 4 atom stereocenters. The molecule has 4 rings (SSSR count). The second kappa shape index (κ2) is 10.3. The summed E-state index contributed by atoms with van der Waals surface area (Å²) in [6.07, 6.45) is 14.8. The Morgan fingerprint density at radius 1 is 0.906 bits per heavy atom. The van der Waals surface area contributed by atoms with Gasteiger partial charge in [0.1, 0.15) is 17.7 Å². The van der Waals surface area contributed by atoms with Crippen molar-refractivity contribution in [3.8, 4) is 6.07 Å². The summed E-state index contributed by atoms with van der Waals surface area (Å²) in [6.45, 7) is 2.25. The molecule has 2 saturated carbocycles. The Kier molecular flexibility index (Phi) is 7.44. The summed E-state index contributed by atoms with van der Waals surface area (Å²) >= 11 is 0. The van der Waals surface area contributed by atoms with Crippen LogP contribution >= 0.6 is 0 Å². The average Bonchev–Trinajstić information content (AvgIpc) is 2.77. The lowest BCUT2D eigenvalue weighted by molar-refractivity contribution is 0.113. The van der Waals surface area contributed by atoms with Gasteiger partial charge in [-0.2, -0.15) is 5.26 Å².